The molecule has 1 aliphatic rings. The molecule has 1 aromatic carbocycles. The highest BCUT2D eigenvalue weighted by Gasteiger charge is 2.21. The van der Waals surface area contributed by atoms with E-state index in [-0.39, 0.29) is 23.3 Å². The molecule has 1 saturated heterocycles. The minimum Gasteiger partial charge on any atom is -0.393 e. The van der Waals surface area contributed by atoms with E-state index in [9.17, 15) is 14.9 Å². The summed E-state index contributed by atoms with van der Waals surface area (Å²) in [5, 5.41) is 13.7. The van der Waals surface area contributed by atoms with Gasteiger partial charge in [-0.15, -0.1) is 0 Å². The summed E-state index contributed by atoms with van der Waals surface area (Å²) in [6.07, 6.45) is 2.01. The molecular weight excluding hydrogens is 272 g/mol. The number of likely N-dealkylation sites (tertiary alicyclic amines) is 1. The Kier molecular flexibility index (Phi) is 4.74. The normalized spacial score (nSPS) is 19.2. The van der Waals surface area contributed by atoms with Crippen molar-refractivity contribution in [3.8, 4) is 0 Å². The second-order valence-corrected chi connectivity index (χ2v) is 5.24. The lowest BCUT2D eigenvalue weighted by molar-refractivity contribution is -0.383. The van der Waals surface area contributed by atoms with Gasteiger partial charge in [-0.25, -0.2) is 0 Å². The summed E-state index contributed by atoms with van der Waals surface area (Å²) in [6.45, 7) is 4.97. The van der Waals surface area contributed by atoms with Gasteiger partial charge in [0, 0.05) is 24.2 Å². The van der Waals surface area contributed by atoms with Crippen molar-refractivity contribution >= 4 is 17.3 Å². The Hall–Kier alpha value is -2.15. The van der Waals surface area contributed by atoms with Crippen molar-refractivity contribution in [3.63, 3.8) is 0 Å². The summed E-state index contributed by atoms with van der Waals surface area (Å²) in [4.78, 5) is 24.6. The van der Waals surface area contributed by atoms with Gasteiger partial charge < -0.3 is 16.0 Å². The van der Waals surface area contributed by atoms with E-state index in [4.69, 9.17) is 5.73 Å². The predicted octanol–water partition coefficient (Wildman–Crippen LogP) is 1.39. The first kappa shape index (κ1) is 15.2. The number of carbonyl (C=O) groups is 1. The Morgan fingerprint density at radius 1 is 1.57 bits per heavy atom. The molecule has 0 spiro atoms. The number of benzene rings is 1. The highest BCUT2D eigenvalue weighted by atomic mass is 16.6. The number of hydrogen-bond acceptors (Lipinski definition) is 5. The molecule has 2 rings (SSSR count). The van der Waals surface area contributed by atoms with Crippen LogP contribution in [0.5, 0.6) is 0 Å². The van der Waals surface area contributed by atoms with Crippen LogP contribution in [0.4, 0.5) is 11.4 Å². The van der Waals surface area contributed by atoms with Crippen molar-refractivity contribution in [1.29, 1.82) is 0 Å². The summed E-state index contributed by atoms with van der Waals surface area (Å²) >= 11 is 0. The molecule has 7 nitrogen and oxygen atoms in total. The highest BCUT2D eigenvalue weighted by Crippen LogP contribution is 2.22. The van der Waals surface area contributed by atoms with Gasteiger partial charge >= 0.3 is 0 Å². The molecule has 114 valence electrons. The first-order valence-electron chi connectivity index (χ1n) is 7.08. The van der Waals surface area contributed by atoms with Gasteiger partial charge in [-0.05, 0) is 38.1 Å². The van der Waals surface area contributed by atoms with Crippen molar-refractivity contribution in [2.45, 2.75) is 25.8 Å². The van der Waals surface area contributed by atoms with Crippen LogP contribution in [0.3, 0.4) is 0 Å². The minimum absolute atomic E-state index is 0.00600. The lowest BCUT2D eigenvalue weighted by Crippen LogP contribution is -2.47. The summed E-state index contributed by atoms with van der Waals surface area (Å²) in [7, 11) is 0. The number of anilines is 1. The first-order chi connectivity index (χ1) is 10.0. The Labute approximate surface area is 123 Å². The van der Waals surface area contributed by atoms with Crippen molar-refractivity contribution < 1.29 is 9.72 Å². The zero-order valence-electron chi connectivity index (χ0n) is 12.0. The van der Waals surface area contributed by atoms with Gasteiger partial charge in [-0.1, -0.05) is 6.92 Å². The fraction of sp³-hybridized carbons (Fsp3) is 0.500. The molecule has 1 amide bonds. The molecule has 7 heteroatoms. The maximum absolute atomic E-state index is 12.2. The van der Waals surface area contributed by atoms with Gasteiger partial charge in [0.1, 0.15) is 5.69 Å². The van der Waals surface area contributed by atoms with Crippen LogP contribution in [0.2, 0.25) is 0 Å². The largest absolute Gasteiger partial charge is 0.393 e. The van der Waals surface area contributed by atoms with E-state index in [1.165, 1.54) is 18.2 Å². The maximum Gasteiger partial charge on any atom is 0.292 e. The molecule has 1 heterocycles. The molecule has 1 atom stereocenters. The fourth-order valence-corrected chi connectivity index (χ4v) is 2.59. The molecule has 0 saturated carbocycles. The number of piperidine rings is 1. The molecule has 0 bridgehead atoms. The van der Waals surface area contributed by atoms with E-state index < -0.39 is 4.92 Å². The number of nitro benzene ring substituents is 1. The fourth-order valence-electron chi connectivity index (χ4n) is 2.59. The van der Waals surface area contributed by atoms with Gasteiger partial charge in [0.05, 0.1) is 4.92 Å². The highest BCUT2D eigenvalue weighted by molar-refractivity contribution is 5.95. The number of amides is 1. The molecule has 3 N–H and O–H groups in total. The average Bonchev–Trinajstić information content (AvgIpc) is 2.46. The van der Waals surface area contributed by atoms with Crippen LogP contribution in [0.1, 0.15) is 30.1 Å². The quantitative estimate of drug-likeness (QED) is 0.496. The van der Waals surface area contributed by atoms with Gasteiger partial charge in [-0.2, -0.15) is 0 Å². The number of carbonyl (C=O) groups excluding carboxylic acids is 1. The molecule has 0 aromatic heterocycles. The molecule has 1 aromatic rings. The molecule has 1 aliphatic heterocycles. The second kappa shape index (κ2) is 6.53. The zero-order valence-corrected chi connectivity index (χ0v) is 12.0. The van der Waals surface area contributed by atoms with E-state index in [2.05, 4.69) is 17.1 Å². The Morgan fingerprint density at radius 3 is 2.95 bits per heavy atom. The molecule has 1 unspecified atom stereocenters. The number of nitro groups is 1. The van der Waals surface area contributed by atoms with E-state index in [1.807, 2.05) is 0 Å². The number of nitrogens with one attached hydrogen (secondary N) is 1. The van der Waals surface area contributed by atoms with Crippen LogP contribution >= 0.6 is 0 Å². The van der Waals surface area contributed by atoms with Gasteiger partial charge in [0.15, 0.2) is 0 Å². The van der Waals surface area contributed by atoms with E-state index in [0.717, 1.165) is 32.5 Å². The third-order valence-corrected chi connectivity index (χ3v) is 3.77. The van der Waals surface area contributed by atoms with Crippen LogP contribution in [-0.4, -0.2) is 41.4 Å². The van der Waals surface area contributed by atoms with Crippen molar-refractivity contribution in [2.75, 3.05) is 25.4 Å². The number of nitrogens with zero attached hydrogens (tertiary/aromatic N) is 2. The summed E-state index contributed by atoms with van der Waals surface area (Å²) < 4.78 is 0. The third-order valence-electron chi connectivity index (χ3n) is 3.77. The van der Waals surface area contributed by atoms with Crippen molar-refractivity contribution in [1.82, 2.24) is 10.2 Å². The van der Waals surface area contributed by atoms with Crippen LogP contribution in [0.15, 0.2) is 18.2 Å². The van der Waals surface area contributed by atoms with Gasteiger partial charge in [0.2, 0.25) is 0 Å². The summed E-state index contributed by atoms with van der Waals surface area (Å²) in [6, 6.07) is 4.17. The van der Waals surface area contributed by atoms with Crippen LogP contribution in [0, 0.1) is 10.1 Å². The third kappa shape index (κ3) is 3.69. The van der Waals surface area contributed by atoms with E-state index in [0.29, 0.717) is 5.56 Å². The first-order valence-corrected chi connectivity index (χ1v) is 7.08. The zero-order chi connectivity index (χ0) is 15.4. The van der Waals surface area contributed by atoms with Crippen molar-refractivity contribution in [2.24, 2.45) is 0 Å². The molecule has 0 aliphatic carbocycles. The molecule has 0 radical (unpaired) electrons. The molecular formula is C14H20N4O3. The monoisotopic (exact) mass is 292 g/mol. The van der Waals surface area contributed by atoms with Gasteiger partial charge in [0.25, 0.3) is 11.6 Å². The van der Waals surface area contributed by atoms with E-state index in [1.54, 1.807) is 0 Å². The Balaban J connectivity index is 2.03. The number of rotatable bonds is 4. The Bertz CT molecular complexity index is 547. The second-order valence-electron chi connectivity index (χ2n) is 5.24. The standard InChI is InChI=1S/C14H20N4O3/c1-2-17-7-3-4-11(9-17)16-14(19)10-5-6-13(18(20)21)12(15)8-10/h5-6,8,11H,2-4,7,9,15H2,1H3,(H,16,19). The summed E-state index contributed by atoms with van der Waals surface area (Å²) in [5.41, 5.74) is 5.79. The number of hydrogen-bond donors (Lipinski definition) is 2. The lowest BCUT2D eigenvalue weighted by atomic mass is 10.0. The minimum atomic E-state index is -0.558. The smallest absolute Gasteiger partial charge is 0.292 e. The SMILES string of the molecule is CCN1CCCC(NC(=O)c2ccc([N+](=O)[O-])c(N)c2)C1. The maximum atomic E-state index is 12.2. The number of nitrogen functional groups attached to an aromatic ring is 1. The van der Waals surface area contributed by atoms with Crippen LogP contribution in [0.25, 0.3) is 0 Å². The molecule has 21 heavy (non-hydrogen) atoms. The number of nitrogens with two attached hydrogens (primary N) is 1. The van der Waals surface area contributed by atoms with Crippen LogP contribution in [-0.2, 0) is 0 Å². The Morgan fingerprint density at radius 2 is 2.33 bits per heavy atom. The predicted molar refractivity (Wildman–Crippen MR) is 80.1 cm³/mol. The molecule has 1 fully saturated rings. The van der Waals surface area contributed by atoms with Crippen molar-refractivity contribution in [3.05, 3.63) is 33.9 Å². The average molecular weight is 292 g/mol. The van der Waals surface area contributed by atoms with E-state index >= 15 is 0 Å². The summed E-state index contributed by atoms with van der Waals surface area (Å²) in [5.74, 6) is -0.237. The van der Waals surface area contributed by atoms with Crippen LogP contribution < -0.4 is 11.1 Å². The van der Waals surface area contributed by atoms with Gasteiger partial charge in [-0.3, -0.25) is 14.9 Å². The lowest BCUT2D eigenvalue weighted by Gasteiger charge is -2.32. The topological polar surface area (TPSA) is 102 Å². The number of likely N-dealkylation sites (N-methyl/N-ethyl adjacent to an activating group) is 1.